The molecule has 1 aromatic heterocycles. The van der Waals surface area contributed by atoms with Crippen molar-refractivity contribution in [3.63, 3.8) is 0 Å². The number of carbonyl (C=O) groups is 3. The second kappa shape index (κ2) is 5.33. The molecule has 1 N–H and O–H groups in total. The smallest absolute Gasteiger partial charge is 0.304 e. The third-order valence-electron chi connectivity index (χ3n) is 3.49. The van der Waals surface area contributed by atoms with Gasteiger partial charge in [0.15, 0.2) is 5.78 Å². The molecule has 1 amide bonds. The Labute approximate surface area is 124 Å². The zero-order valence-electron chi connectivity index (χ0n) is 11.0. The highest BCUT2D eigenvalue weighted by Gasteiger charge is 2.45. The van der Waals surface area contributed by atoms with Gasteiger partial charge in [0.2, 0.25) is 5.91 Å². The van der Waals surface area contributed by atoms with E-state index in [1.807, 2.05) is 0 Å². The topological polar surface area (TPSA) is 87.6 Å². The van der Waals surface area contributed by atoms with Gasteiger partial charge in [-0.1, -0.05) is 0 Å². The van der Waals surface area contributed by atoms with E-state index in [-0.39, 0.29) is 18.1 Å². The van der Waals surface area contributed by atoms with Crippen molar-refractivity contribution < 1.29 is 19.5 Å². The van der Waals surface area contributed by atoms with Gasteiger partial charge in [-0.15, -0.1) is 11.8 Å². The average molecular weight is 304 g/mol. The number of carboxylic acid groups (broad SMARTS) is 1. The molecular weight excluding hydrogens is 292 g/mol. The molecule has 1 saturated heterocycles. The molecule has 0 aliphatic carbocycles. The van der Waals surface area contributed by atoms with Crippen molar-refractivity contribution in [1.29, 1.82) is 0 Å². The van der Waals surface area contributed by atoms with E-state index in [9.17, 15) is 14.4 Å². The molecule has 21 heavy (non-hydrogen) atoms. The Morgan fingerprint density at radius 1 is 1.48 bits per heavy atom. The summed E-state index contributed by atoms with van der Waals surface area (Å²) in [7, 11) is 0. The van der Waals surface area contributed by atoms with Crippen LogP contribution in [-0.2, 0) is 9.59 Å². The summed E-state index contributed by atoms with van der Waals surface area (Å²) >= 11 is 1.43. The number of aromatic nitrogens is 1. The molecule has 108 valence electrons. The van der Waals surface area contributed by atoms with Gasteiger partial charge in [-0.3, -0.25) is 19.4 Å². The summed E-state index contributed by atoms with van der Waals surface area (Å²) in [5, 5.41) is 9.61. The highest BCUT2D eigenvalue weighted by Crippen LogP contribution is 2.43. The van der Waals surface area contributed by atoms with Crippen molar-refractivity contribution >= 4 is 29.4 Å². The van der Waals surface area contributed by atoms with Crippen LogP contribution in [0.5, 0.6) is 0 Å². The number of rotatable bonds is 4. The van der Waals surface area contributed by atoms with Crippen LogP contribution < -0.4 is 0 Å². The molecule has 2 aliphatic heterocycles. The highest BCUT2D eigenvalue weighted by molar-refractivity contribution is 8.03. The van der Waals surface area contributed by atoms with Gasteiger partial charge >= 0.3 is 5.97 Å². The molecule has 0 unspecified atom stereocenters. The second-order valence-corrected chi connectivity index (χ2v) is 5.86. The Morgan fingerprint density at radius 3 is 2.95 bits per heavy atom. The lowest BCUT2D eigenvalue weighted by Gasteiger charge is -2.12. The van der Waals surface area contributed by atoms with Gasteiger partial charge in [0.05, 0.1) is 17.4 Å². The number of hydrogen-bond acceptors (Lipinski definition) is 5. The SMILES string of the molecule is O=C(O)C[C@H]1C(=O)N2CCSC2=C1C(=O)c1cccnc1. The van der Waals surface area contributed by atoms with Crippen LogP contribution in [0.2, 0.25) is 0 Å². The third kappa shape index (κ3) is 2.33. The van der Waals surface area contributed by atoms with E-state index in [1.165, 1.54) is 22.9 Å². The van der Waals surface area contributed by atoms with Crippen LogP contribution in [0.25, 0.3) is 0 Å². The number of carboxylic acids is 1. The molecule has 0 radical (unpaired) electrons. The first-order valence-corrected chi connectivity index (χ1v) is 7.43. The van der Waals surface area contributed by atoms with Crippen LogP contribution in [0.4, 0.5) is 0 Å². The van der Waals surface area contributed by atoms with Gasteiger partial charge < -0.3 is 10.0 Å². The Kier molecular flexibility index (Phi) is 3.50. The van der Waals surface area contributed by atoms with Crippen molar-refractivity contribution in [2.75, 3.05) is 12.3 Å². The molecule has 1 aromatic rings. The number of hydrogen-bond donors (Lipinski definition) is 1. The highest BCUT2D eigenvalue weighted by atomic mass is 32.2. The van der Waals surface area contributed by atoms with E-state index in [1.54, 1.807) is 18.3 Å². The standard InChI is InChI=1S/C14H12N2O4S/c17-10(18)6-9-11(12(19)8-2-1-3-15-7-8)14-16(13(9)20)4-5-21-14/h1-3,7,9H,4-6H2,(H,17,18)/t9-/m1/s1. The Balaban J connectivity index is 2.03. The Bertz CT molecular complexity index is 656. The molecule has 0 aromatic carbocycles. The van der Waals surface area contributed by atoms with E-state index in [0.717, 1.165) is 5.75 Å². The van der Waals surface area contributed by atoms with Crippen LogP contribution in [0.3, 0.4) is 0 Å². The van der Waals surface area contributed by atoms with Gasteiger partial charge in [0.1, 0.15) is 0 Å². The molecule has 1 fully saturated rings. The summed E-state index contributed by atoms with van der Waals surface area (Å²) in [4.78, 5) is 41.4. The van der Waals surface area contributed by atoms with Crippen LogP contribution in [0, 0.1) is 5.92 Å². The number of thioether (sulfide) groups is 1. The minimum Gasteiger partial charge on any atom is -0.481 e. The molecule has 2 aliphatic rings. The van der Waals surface area contributed by atoms with Crippen molar-refractivity contribution in [3.8, 4) is 0 Å². The lowest BCUT2D eigenvalue weighted by Crippen LogP contribution is -2.29. The fourth-order valence-electron chi connectivity index (χ4n) is 2.58. The lowest BCUT2D eigenvalue weighted by molar-refractivity contribution is -0.141. The molecule has 0 spiro atoms. The molecule has 0 saturated carbocycles. The largest absolute Gasteiger partial charge is 0.481 e. The van der Waals surface area contributed by atoms with E-state index in [4.69, 9.17) is 5.11 Å². The number of Topliss-reactive ketones (excluding diaryl/α,β-unsaturated/α-hetero) is 1. The average Bonchev–Trinajstić information content (AvgIpc) is 3.03. The molecule has 6 nitrogen and oxygen atoms in total. The van der Waals surface area contributed by atoms with Gasteiger partial charge in [0, 0.05) is 35.8 Å². The maximum Gasteiger partial charge on any atom is 0.304 e. The summed E-state index contributed by atoms with van der Waals surface area (Å²) in [6, 6.07) is 3.26. The maximum absolute atomic E-state index is 12.6. The van der Waals surface area contributed by atoms with E-state index >= 15 is 0 Å². The number of ketones is 1. The zero-order chi connectivity index (χ0) is 15.0. The first kappa shape index (κ1) is 13.8. The first-order valence-electron chi connectivity index (χ1n) is 6.44. The monoisotopic (exact) mass is 304 g/mol. The van der Waals surface area contributed by atoms with Gasteiger partial charge in [-0.25, -0.2) is 0 Å². The van der Waals surface area contributed by atoms with Crippen molar-refractivity contribution in [3.05, 3.63) is 40.7 Å². The molecule has 0 bridgehead atoms. The quantitative estimate of drug-likeness (QED) is 0.840. The lowest BCUT2D eigenvalue weighted by atomic mass is 9.92. The number of fused-ring (bicyclic) bond motifs is 1. The molecule has 1 atom stereocenters. The number of carbonyl (C=O) groups excluding carboxylic acids is 2. The fourth-order valence-corrected chi connectivity index (χ4v) is 3.77. The Morgan fingerprint density at radius 2 is 2.29 bits per heavy atom. The number of nitrogens with zero attached hydrogens (tertiary/aromatic N) is 2. The van der Waals surface area contributed by atoms with Crippen molar-refractivity contribution in [2.24, 2.45) is 5.92 Å². The zero-order valence-corrected chi connectivity index (χ0v) is 11.8. The minimum atomic E-state index is -1.09. The Hall–Kier alpha value is -2.15. The van der Waals surface area contributed by atoms with E-state index < -0.39 is 11.9 Å². The van der Waals surface area contributed by atoms with Crippen LogP contribution in [0.1, 0.15) is 16.8 Å². The number of aliphatic carboxylic acids is 1. The predicted molar refractivity (Wildman–Crippen MR) is 75.5 cm³/mol. The summed E-state index contributed by atoms with van der Waals surface area (Å²) in [6.07, 6.45) is 2.63. The van der Waals surface area contributed by atoms with E-state index in [0.29, 0.717) is 22.7 Å². The minimum absolute atomic E-state index is 0.287. The van der Waals surface area contributed by atoms with Gasteiger partial charge in [-0.2, -0.15) is 0 Å². The first-order chi connectivity index (χ1) is 10.1. The summed E-state index contributed by atoms with van der Waals surface area (Å²) in [5.74, 6) is -1.85. The fraction of sp³-hybridized carbons (Fsp3) is 0.286. The summed E-state index contributed by atoms with van der Waals surface area (Å²) in [5.41, 5.74) is 0.676. The summed E-state index contributed by atoms with van der Waals surface area (Å²) < 4.78 is 0. The maximum atomic E-state index is 12.6. The van der Waals surface area contributed by atoms with Crippen LogP contribution in [-0.4, -0.2) is 44.9 Å². The molecule has 7 heteroatoms. The third-order valence-corrected chi connectivity index (χ3v) is 4.59. The van der Waals surface area contributed by atoms with Crippen LogP contribution >= 0.6 is 11.8 Å². The molecule has 3 heterocycles. The molecular formula is C14H12N2O4S. The van der Waals surface area contributed by atoms with E-state index in [2.05, 4.69) is 4.98 Å². The number of amides is 1. The van der Waals surface area contributed by atoms with Crippen molar-refractivity contribution in [1.82, 2.24) is 9.88 Å². The summed E-state index contributed by atoms with van der Waals surface area (Å²) in [6.45, 7) is 0.527. The predicted octanol–water partition coefficient (Wildman–Crippen LogP) is 1.16. The van der Waals surface area contributed by atoms with Gasteiger partial charge in [-0.05, 0) is 12.1 Å². The van der Waals surface area contributed by atoms with Gasteiger partial charge in [0.25, 0.3) is 0 Å². The number of pyridine rings is 1. The second-order valence-electron chi connectivity index (χ2n) is 4.78. The molecule has 3 rings (SSSR count). The van der Waals surface area contributed by atoms with Crippen molar-refractivity contribution in [2.45, 2.75) is 6.42 Å². The van der Waals surface area contributed by atoms with Crippen LogP contribution in [0.15, 0.2) is 35.1 Å². The normalized spacial score (nSPS) is 20.9.